The van der Waals surface area contributed by atoms with Gasteiger partial charge in [0.1, 0.15) is 18.1 Å². The second-order valence-electron chi connectivity index (χ2n) is 10.8. The number of ether oxygens (including phenoxy) is 2. The Morgan fingerprint density at radius 1 is 0.907 bits per heavy atom. The van der Waals surface area contributed by atoms with Crippen molar-refractivity contribution in [2.75, 3.05) is 32.8 Å². The molecule has 2 aromatic carbocycles. The van der Waals surface area contributed by atoms with Gasteiger partial charge in [0.15, 0.2) is 0 Å². The number of pyridine rings is 2. The standard InChI is InChI=1S/C35H38N4O4/c1-26-21-31(7-10-34(41)39-18-16-38(17-19-39)24-29-5-3-28(4-6-29)13-20-40)22-27(2)35(26)43-33-9-8-32(23-37-33)42-25-30-11-14-36-15-12-30/h3-12,14-15,21-23,40H,13,16-20,24-25H2,1-2H3. The predicted octanol–water partition coefficient (Wildman–Crippen LogP) is 5.36. The molecule has 0 spiro atoms. The van der Waals surface area contributed by atoms with Gasteiger partial charge in [-0.25, -0.2) is 4.98 Å². The van der Waals surface area contributed by atoms with Gasteiger partial charge in [0.2, 0.25) is 11.8 Å². The highest BCUT2D eigenvalue weighted by Crippen LogP contribution is 2.30. The van der Waals surface area contributed by atoms with E-state index in [4.69, 9.17) is 14.6 Å². The van der Waals surface area contributed by atoms with Crippen molar-refractivity contribution in [3.63, 3.8) is 0 Å². The number of aryl methyl sites for hydroxylation is 2. The van der Waals surface area contributed by atoms with Gasteiger partial charge >= 0.3 is 0 Å². The summed E-state index contributed by atoms with van der Waals surface area (Å²) in [5.74, 6) is 1.92. The normalized spacial score (nSPS) is 13.8. The third kappa shape index (κ3) is 8.50. The van der Waals surface area contributed by atoms with E-state index >= 15 is 0 Å². The molecule has 0 radical (unpaired) electrons. The molecule has 4 aromatic rings. The van der Waals surface area contributed by atoms with Crippen LogP contribution >= 0.6 is 0 Å². The van der Waals surface area contributed by atoms with Gasteiger partial charge < -0.3 is 19.5 Å². The molecule has 8 nitrogen and oxygen atoms in total. The van der Waals surface area contributed by atoms with Gasteiger partial charge in [-0.2, -0.15) is 0 Å². The smallest absolute Gasteiger partial charge is 0.246 e. The van der Waals surface area contributed by atoms with E-state index in [1.54, 1.807) is 30.7 Å². The fourth-order valence-corrected chi connectivity index (χ4v) is 5.10. The number of aromatic nitrogens is 2. The Bertz CT molecular complexity index is 1490. The van der Waals surface area contributed by atoms with Crippen molar-refractivity contribution in [2.24, 2.45) is 0 Å². The fraction of sp³-hybridized carbons (Fsp3) is 0.286. The molecular formula is C35H38N4O4. The maximum absolute atomic E-state index is 12.9. The molecule has 5 rings (SSSR count). The van der Waals surface area contributed by atoms with Gasteiger partial charge in [-0.15, -0.1) is 0 Å². The Morgan fingerprint density at radius 3 is 2.26 bits per heavy atom. The van der Waals surface area contributed by atoms with Crippen molar-refractivity contribution in [1.82, 2.24) is 19.8 Å². The SMILES string of the molecule is Cc1cc(C=CC(=O)N2CCN(Cc3ccc(CCO)cc3)CC2)cc(C)c1Oc1ccc(OCc2ccncc2)cn1. The number of rotatable bonds is 11. The van der Waals surface area contributed by atoms with Gasteiger partial charge in [0, 0.05) is 63.9 Å². The summed E-state index contributed by atoms with van der Waals surface area (Å²) in [6, 6.07) is 19.9. The van der Waals surface area contributed by atoms with E-state index < -0.39 is 0 Å². The molecule has 0 saturated carbocycles. The Morgan fingerprint density at radius 2 is 1.60 bits per heavy atom. The van der Waals surface area contributed by atoms with Crippen LogP contribution in [-0.4, -0.2) is 63.6 Å². The number of piperazine rings is 1. The molecule has 0 bridgehead atoms. The van der Waals surface area contributed by atoms with Crippen molar-refractivity contribution in [1.29, 1.82) is 0 Å². The van der Waals surface area contributed by atoms with E-state index in [2.05, 4.69) is 39.1 Å². The summed E-state index contributed by atoms with van der Waals surface area (Å²) in [4.78, 5) is 25.6. The number of amides is 1. The maximum atomic E-state index is 12.9. The molecule has 1 aliphatic rings. The molecule has 222 valence electrons. The number of hydrogen-bond acceptors (Lipinski definition) is 7. The van der Waals surface area contributed by atoms with E-state index in [9.17, 15) is 4.79 Å². The monoisotopic (exact) mass is 578 g/mol. The Labute approximate surface area is 253 Å². The Hall–Kier alpha value is -4.53. The van der Waals surface area contributed by atoms with Crippen LogP contribution in [0.3, 0.4) is 0 Å². The molecule has 8 heteroatoms. The zero-order chi connectivity index (χ0) is 30.0. The van der Waals surface area contributed by atoms with Crippen LogP contribution in [0.1, 0.15) is 33.4 Å². The summed E-state index contributed by atoms with van der Waals surface area (Å²) in [5, 5.41) is 9.10. The minimum atomic E-state index is 0.0269. The first-order valence-corrected chi connectivity index (χ1v) is 14.6. The minimum absolute atomic E-state index is 0.0269. The third-order valence-corrected chi connectivity index (χ3v) is 7.49. The van der Waals surface area contributed by atoms with Gasteiger partial charge in [-0.05, 0) is 90.1 Å². The molecular weight excluding hydrogens is 540 g/mol. The highest BCUT2D eigenvalue weighted by molar-refractivity contribution is 5.92. The predicted molar refractivity (Wildman–Crippen MR) is 167 cm³/mol. The lowest BCUT2D eigenvalue weighted by molar-refractivity contribution is -0.127. The molecule has 0 aliphatic carbocycles. The van der Waals surface area contributed by atoms with Gasteiger partial charge in [0.05, 0.1) is 6.20 Å². The zero-order valence-electron chi connectivity index (χ0n) is 24.8. The van der Waals surface area contributed by atoms with Crippen molar-refractivity contribution >= 4 is 12.0 Å². The number of carbonyl (C=O) groups excluding carboxylic acids is 1. The third-order valence-electron chi connectivity index (χ3n) is 7.49. The van der Waals surface area contributed by atoms with Crippen molar-refractivity contribution in [3.8, 4) is 17.4 Å². The van der Waals surface area contributed by atoms with E-state index in [1.807, 2.05) is 55.2 Å². The van der Waals surface area contributed by atoms with Gasteiger partial charge in [0.25, 0.3) is 0 Å². The van der Waals surface area contributed by atoms with E-state index in [1.165, 1.54) is 5.56 Å². The first-order valence-electron chi connectivity index (χ1n) is 14.6. The van der Waals surface area contributed by atoms with Crippen LogP contribution in [0, 0.1) is 13.8 Å². The largest absolute Gasteiger partial charge is 0.487 e. The minimum Gasteiger partial charge on any atom is -0.487 e. The molecule has 43 heavy (non-hydrogen) atoms. The molecule has 1 aliphatic heterocycles. The quantitative estimate of drug-likeness (QED) is 0.240. The number of hydrogen-bond donors (Lipinski definition) is 1. The van der Waals surface area contributed by atoms with E-state index in [0.29, 0.717) is 37.7 Å². The molecule has 0 atom stereocenters. The first-order chi connectivity index (χ1) is 21.0. The molecule has 1 saturated heterocycles. The van der Waals surface area contributed by atoms with E-state index in [-0.39, 0.29) is 12.5 Å². The average molecular weight is 579 g/mol. The highest BCUT2D eigenvalue weighted by Gasteiger charge is 2.20. The number of nitrogens with zero attached hydrogens (tertiary/aromatic N) is 4. The van der Waals surface area contributed by atoms with Crippen LogP contribution in [0.4, 0.5) is 0 Å². The summed E-state index contributed by atoms with van der Waals surface area (Å²) < 4.78 is 11.9. The average Bonchev–Trinajstić information content (AvgIpc) is 3.03. The zero-order valence-corrected chi connectivity index (χ0v) is 24.8. The molecule has 2 aromatic heterocycles. The molecule has 1 fully saturated rings. The molecule has 0 unspecified atom stereocenters. The summed E-state index contributed by atoms with van der Waals surface area (Å²) in [7, 11) is 0. The van der Waals surface area contributed by atoms with Crippen LogP contribution in [-0.2, 0) is 24.4 Å². The molecule has 3 heterocycles. The molecule has 1 N–H and O–H groups in total. The number of aliphatic hydroxyl groups is 1. The molecule has 1 amide bonds. The van der Waals surface area contributed by atoms with Crippen molar-refractivity contribution < 1.29 is 19.4 Å². The van der Waals surface area contributed by atoms with Crippen LogP contribution in [0.2, 0.25) is 0 Å². The second-order valence-corrected chi connectivity index (χ2v) is 10.8. The van der Waals surface area contributed by atoms with Crippen molar-refractivity contribution in [2.45, 2.75) is 33.4 Å². The maximum Gasteiger partial charge on any atom is 0.246 e. The number of carbonyl (C=O) groups is 1. The second kappa shape index (κ2) is 14.6. The lowest BCUT2D eigenvalue weighted by atomic mass is 10.1. The number of benzene rings is 2. The Balaban J connectivity index is 1.11. The Kier molecular flexibility index (Phi) is 10.2. The number of aliphatic hydroxyl groups excluding tert-OH is 1. The highest BCUT2D eigenvalue weighted by atomic mass is 16.5. The van der Waals surface area contributed by atoms with Crippen molar-refractivity contribution in [3.05, 3.63) is 119 Å². The van der Waals surface area contributed by atoms with E-state index in [0.717, 1.165) is 53.2 Å². The lowest BCUT2D eigenvalue weighted by Crippen LogP contribution is -2.47. The van der Waals surface area contributed by atoms with Crippen LogP contribution in [0.15, 0.2) is 85.3 Å². The summed E-state index contributed by atoms with van der Waals surface area (Å²) in [5.41, 5.74) is 6.31. The van der Waals surface area contributed by atoms with Gasteiger partial charge in [-0.1, -0.05) is 24.3 Å². The first kappa shape index (κ1) is 29.9. The van der Waals surface area contributed by atoms with Gasteiger partial charge in [-0.3, -0.25) is 14.7 Å². The summed E-state index contributed by atoms with van der Waals surface area (Å²) >= 11 is 0. The summed E-state index contributed by atoms with van der Waals surface area (Å²) in [6.45, 7) is 8.56. The topological polar surface area (TPSA) is 88.0 Å². The fourth-order valence-electron chi connectivity index (χ4n) is 5.10. The van der Waals surface area contributed by atoms with Crippen LogP contribution in [0.5, 0.6) is 17.4 Å². The van der Waals surface area contributed by atoms with Crippen LogP contribution < -0.4 is 9.47 Å². The summed E-state index contributed by atoms with van der Waals surface area (Å²) in [6.07, 6.45) is 9.35. The lowest BCUT2D eigenvalue weighted by Gasteiger charge is -2.34. The van der Waals surface area contributed by atoms with Crippen LogP contribution in [0.25, 0.3) is 6.08 Å².